The Balaban J connectivity index is 2.50. The lowest BCUT2D eigenvalue weighted by atomic mass is 9.82. The van der Waals surface area contributed by atoms with Crippen molar-refractivity contribution in [3.05, 3.63) is 64.7 Å². The lowest BCUT2D eigenvalue weighted by Gasteiger charge is -2.34. The molecule has 0 saturated heterocycles. The Morgan fingerprint density at radius 3 is 1.84 bits per heavy atom. The molecule has 11 heteroatoms. The molecular formula is C27H31F9OS. The maximum absolute atomic E-state index is 14.2. The number of benzene rings is 2. The maximum Gasteiger partial charge on any atom is 0.460 e. The highest BCUT2D eigenvalue weighted by molar-refractivity contribution is 7.99. The minimum Gasteiger partial charge on any atom is -0.507 e. The maximum atomic E-state index is 14.2. The van der Waals surface area contributed by atoms with Crippen LogP contribution in [0.1, 0.15) is 68.5 Å². The van der Waals surface area contributed by atoms with Gasteiger partial charge in [0.05, 0.1) is 5.25 Å². The Hall–Kier alpha value is -2.04. The first kappa shape index (κ1) is 32.2. The van der Waals surface area contributed by atoms with Crippen LogP contribution in [0.5, 0.6) is 5.75 Å². The van der Waals surface area contributed by atoms with Crippen molar-refractivity contribution in [3.63, 3.8) is 0 Å². The molecule has 1 atom stereocenters. The van der Waals surface area contributed by atoms with Gasteiger partial charge in [-0.2, -0.15) is 39.5 Å². The molecule has 0 aliphatic rings. The van der Waals surface area contributed by atoms with E-state index in [1.807, 2.05) is 40.7 Å². The van der Waals surface area contributed by atoms with Crippen LogP contribution >= 0.6 is 11.8 Å². The van der Waals surface area contributed by atoms with Gasteiger partial charge in [-0.15, -0.1) is 11.8 Å². The highest BCUT2D eigenvalue weighted by Gasteiger charge is 2.81. The summed E-state index contributed by atoms with van der Waals surface area (Å²) in [6.45, 7) is 9.65. The molecule has 1 N–H and O–H groups in total. The van der Waals surface area contributed by atoms with Gasteiger partial charge in [-0.1, -0.05) is 77.1 Å². The standard InChI is InChI=1S/C27H31F9OS/c1-16(2)13-18-14-19(23(3,4)5)15-20(21(18)37)22(17-9-7-6-8-10-17)38-12-11-24(28,29)25(30,31)26(32,33)27(34,35)36/h6-10,14-16,22,37H,11-13H2,1-5H3. The summed E-state index contributed by atoms with van der Waals surface area (Å²) in [4.78, 5) is 0. The van der Waals surface area contributed by atoms with Crippen LogP contribution in [0.2, 0.25) is 0 Å². The molecule has 0 spiro atoms. The highest BCUT2D eigenvalue weighted by Crippen LogP contribution is 2.55. The van der Waals surface area contributed by atoms with Crippen LogP contribution in [-0.2, 0) is 11.8 Å². The highest BCUT2D eigenvalue weighted by atomic mass is 32.2. The lowest BCUT2D eigenvalue weighted by molar-refractivity contribution is -0.396. The third-order valence-corrected chi connectivity index (χ3v) is 7.31. The van der Waals surface area contributed by atoms with Gasteiger partial charge in [-0.05, 0) is 34.4 Å². The zero-order valence-electron chi connectivity index (χ0n) is 21.6. The molecule has 0 saturated carbocycles. The van der Waals surface area contributed by atoms with E-state index in [4.69, 9.17) is 0 Å². The van der Waals surface area contributed by atoms with Crippen LogP contribution in [0, 0.1) is 5.92 Å². The van der Waals surface area contributed by atoms with E-state index in [1.54, 1.807) is 36.4 Å². The molecule has 0 aliphatic carbocycles. The summed E-state index contributed by atoms with van der Waals surface area (Å²) in [7, 11) is 0. The van der Waals surface area contributed by atoms with Crippen LogP contribution in [0.4, 0.5) is 39.5 Å². The van der Waals surface area contributed by atoms with Crippen molar-refractivity contribution in [2.45, 2.75) is 82.1 Å². The van der Waals surface area contributed by atoms with Crippen molar-refractivity contribution >= 4 is 11.8 Å². The number of phenolic OH excluding ortho intramolecular Hbond substituents is 1. The number of halogens is 9. The number of thioether (sulfide) groups is 1. The van der Waals surface area contributed by atoms with Gasteiger partial charge in [0.2, 0.25) is 0 Å². The van der Waals surface area contributed by atoms with Gasteiger partial charge in [-0.25, -0.2) is 0 Å². The minimum absolute atomic E-state index is 0.117. The third-order valence-electron chi connectivity index (χ3n) is 6.01. The van der Waals surface area contributed by atoms with Crippen molar-refractivity contribution in [2.75, 3.05) is 5.75 Å². The molecule has 0 amide bonds. The smallest absolute Gasteiger partial charge is 0.460 e. The number of rotatable bonds is 10. The summed E-state index contributed by atoms with van der Waals surface area (Å²) in [6.07, 6.45) is -8.32. The second-order valence-corrected chi connectivity index (χ2v) is 11.9. The van der Waals surface area contributed by atoms with Crippen LogP contribution in [-0.4, -0.2) is 34.8 Å². The van der Waals surface area contributed by atoms with Gasteiger partial charge >= 0.3 is 23.9 Å². The molecule has 0 heterocycles. The molecule has 214 valence electrons. The molecule has 2 aromatic rings. The third kappa shape index (κ3) is 6.74. The average Bonchev–Trinajstić information content (AvgIpc) is 2.77. The first-order valence-electron chi connectivity index (χ1n) is 11.9. The fraction of sp³-hybridized carbons (Fsp3) is 0.556. The monoisotopic (exact) mass is 574 g/mol. The van der Waals surface area contributed by atoms with Crippen LogP contribution < -0.4 is 0 Å². The molecule has 2 aromatic carbocycles. The molecule has 0 bridgehead atoms. The Kier molecular flexibility index (Phi) is 9.50. The summed E-state index contributed by atoms with van der Waals surface area (Å²) in [5.74, 6) is -20.1. The van der Waals surface area contributed by atoms with Crippen molar-refractivity contribution in [2.24, 2.45) is 5.92 Å². The fourth-order valence-corrected chi connectivity index (χ4v) is 5.13. The SMILES string of the molecule is CC(C)Cc1cc(C(C)(C)C)cc(C(SCCC(F)(F)C(F)(F)C(F)(F)C(F)(F)F)c2ccccc2)c1O. The molecule has 0 aliphatic heterocycles. The van der Waals surface area contributed by atoms with Gasteiger partial charge in [0.1, 0.15) is 5.75 Å². The quantitative estimate of drug-likeness (QED) is 0.285. The molecule has 0 radical (unpaired) electrons. The zero-order chi connectivity index (χ0) is 29.3. The van der Waals surface area contributed by atoms with Crippen LogP contribution in [0.3, 0.4) is 0 Å². The Labute approximate surface area is 220 Å². The van der Waals surface area contributed by atoms with E-state index >= 15 is 0 Å². The van der Waals surface area contributed by atoms with Gasteiger partial charge in [0.15, 0.2) is 0 Å². The van der Waals surface area contributed by atoms with Gasteiger partial charge < -0.3 is 5.11 Å². The first-order valence-corrected chi connectivity index (χ1v) is 12.9. The molecule has 1 unspecified atom stereocenters. The summed E-state index contributed by atoms with van der Waals surface area (Å²) in [5, 5.41) is 10.2. The van der Waals surface area contributed by atoms with E-state index < -0.39 is 46.8 Å². The number of alkyl halides is 9. The predicted octanol–water partition coefficient (Wildman–Crippen LogP) is 9.57. The second-order valence-electron chi connectivity index (χ2n) is 10.7. The zero-order valence-corrected chi connectivity index (χ0v) is 22.4. The molecule has 0 fully saturated rings. The molecular weight excluding hydrogens is 543 g/mol. The average molecular weight is 575 g/mol. The summed E-state index contributed by atoms with van der Waals surface area (Å²) in [6, 6.07) is 11.7. The Morgan fingerprint density at radius 1 is 0.816 bits per heavy atom. The van der Waals surface area contributed by atoms with E-state index in [2.05, 4.69) is 0 Å². The van der Waals surface area contributed by atoms with E-state index in [9.17, 15) is 44.6 Å². The largest absolute Gasteiger partial charge is 0.507 e. The topological polar surface area (TPSA) is 20.2 Å². The molecule has 1 nitrogen and oxygen atoms in total. The van der Waals surface area contributed by atoms with E-state index in [-0.39, 0.29) is 11.7 Å². The summed E-state index contributed by atoms with van der Waals surface area (Å²) in [5.41, 5.74) is 1.82. The van der Waals surface area contributed by atoms with Crippen molar-refractivity contribution in [1.29, 1.82) is 0 Å². The van der Waals surface area contributed by atoms with Gasteiger partial charge in [0.25, 0.3) is 0 Å². The minimum atomic E-state index is -6.92. The number of phenols is 1. The second kappa shape index (κ2) is 11.2. The van der Waals surface area contributed by atoms with Crippen molar-refractivity contribution < 1.29 is 44.6 Å². The Morgan fingerprint density at radius 2 is 1.37 bits per heavy atom. The molecule has 2 rings (SSSR count). The molecule has 38 heavy (non-hydrogen) atoms. The van der Waals surface area contributed by atoms with E-state index in [0.717, 1.165) is 5.56 Å². The van der Waals surface area contributed by atoms with E-state index in [1.165, 1.54) is 0 Å². The van der Waals surface area contributed by atoms with Crippen LogP contribution in [0.15, 0.2) is 42.5 Å². The number of hydrogen-bond donors (Lipinski definition) is 1. The lowest BCUT2D eigenvalue weighted by Crippen LogP contribution is -2.60. The predicted molar refractivity (Wildman–Crippen MR) is 132 cm³/mol. The fourth-order valence-electron chi connectivity index (χ4n) is 3.81. The first-order chi connectivity index (χ1) is 17.1. The Bertz CT molecular complexity index is 1070. The summed E-state index contributed by atoms with van der Waals surface area (Å²) < 4.78 is 120. The van der Waals surface area contributed by atoms with Crippen molar-refractivity contribution in [1.82, 2.24) is 0 Å². The summed E-state index contributed by atoms with van der Waals surface area (Å²) >= 11 is 0.650. The van der Waals surface area contributed by atoms with Gasteiger partial charge in [0, 0.05) is 17.7 Å². The molecule has 0 aromatic heterocycles. The number of hydrogen-bond acceptors (Lipinski definition) is 2. The number of aromatic hydroxyl groups is 1. The van der Waals surface area contributed by atoms with E-state index in [0.29, 0.717) is 34.9 Å². The van der Waals surface area contributed by atoms with Crippen LogP contribution in [0.25, 0.3) is 0 Å². The van der Waals surface area contributed by atoms with Gasteiger partial charge in [-0.3, -0.25) is 0 Å². The van der Waals surface area contributed by atoms with Crippen molar-refractivity contribution in [3.8, 4) is 5.75 Å². The normalized spacial score (nSPS) is 14.7.